The molecule has 0 aliphatic carbocycles. The fourth-order valence-electron chi connectivity index (χ4n) is 1.57. The van der Waals surface area contributed by atoms with Crippen molar-refractivity contribution >= 4 is 5.95 Å². The van der Waals surface area contributed by atoms with Gasteiger partial charge in [0.15, 0.2) is 11.6 Å². The van der Waals surface area contributed by atoms with Crippen LogP contribution < -0.4 is 10.1 Å². The average Bonchev–Trinajstić information content (AvgIpc) is 2.41. The second kappa shape index (κ2) is 5.44. The summed E-state index contributed by atoms with van der Waals surface area (Å²) < 4.78 is 18.9. The molecule has 2 aromatic rings. The molecule has 1 aromatic heterocycles. The van der Waals surface area contributed by atoms with Gasteiger partial charge in [0.2, 0.25) is 5.95 Å². The van der Waals surface area contributed by atoms with E-state index in [4.69, 9.17) is 4.74 Å². The van der Waals surface area contributed by atoms with Crippen LogP contribution >= 0.6 is 0 Å². The molecule has 1 aromatic carbocycles. The summed E-state index contributed by atoms with van der Waals surface area (Å²) in [5, 5.41) is 2.84. The number of benzene rings is 1. The molecule has 0 saturated carbocycles. The summed E-state index contributed by atoms with van der Waals surface area (Å²) in [5.41, 5.74) is 1.35. The second-order valence-corrected chi connectivity index (χ2v) is 3.59. The Morgan fingerprint density at radius 3 is 2.83 bits per heavy atom. The summed E-state index contributed by atoms with van der Waals surface area (Å²) in [7, 11) is 1.73. The number of anilines is 1. The molecular formula is C13H14FN3O. The van der Waals surface area contributed by atoms with Gasteiger partial charge in [-0.3, -0.25) is 0 Å². The van der Waals surface area contributed by atoms with Crippen LogP contribution in [0, 0.1) is 5.82 Å². The molecular weight excluding hydrogens is 233 g/mol. The third-order valence-electron chi connectivity index (χ3n) is 2.41. The molecule has 0 fully saturated rings. The Bertz CT molecular complexity index is 546. The van der Waals surface area contributed by atoms with Crippen molar-refractivity contribution in [1.29, 1.82) is 0 Å². The number of hydrogen-bond donors (Lipinski definition) is 1. The van der Waals surface area contributed by atoms with E-state index >= 15 is 0 Å². The van der Waals surface area contributed by atoms with Gasteiger partial charge in [0.05, 0.1) is 12.3 Å². The maximum atomic E-state index is 13.7. The van der Waals surface area contributed by atoms with Crippen LogP contribution in [0.15, 0.2) is 30.5 Å². The molecule has 1 N–H and O–H groups in total. The van der Waals surface area contributed by atoms with Crippen molar-refractivity contribution in [3.63, 3.8) is 0 Å². The highest BCUT2D eigenvalue weighted by molar-refractivity contribution is 5.61. The quantitative estimate of drug-likeness (QED) is 0.902. The van der Waals surface area contributed by atoms with E-state index < -0.39 is 0 Å². The van der Waals surface area contributed by atoms with E-state index in [1.54, 1.807) is 31.4 Å². The summed E-state index contributed by atoms with van der Waals surface area (Å²) in [6.07, 6.45) is 1.63. The lowest BCUT2D eigenvalue weighted by Crippen LogP contribution is -1.98. The molecule has 18 heavy (non-hydrogen) atoms. The molecule has 1 heterocycles. The zero-order valence-electron chi connectivity index (χ0n) is 10.3. The van der Waals surface area contributed by atoms with Crippen LogP contribution in [0.1, 0.15) is 6.92 Å². The SMILES string of the molecule is CCOc1ccc(-c2ccnc(NC)n2)cc1F. The van der Waals surface area contributed by atoms with Crippen molar-refractivity contribution in [2.75, 3.05) is 19.0 Å². The molecule has 0 bridgehead atoms. The van der Waals surface area contributed by atoms with Crippen molar-refractivity contribution in [3.8, 4) is 17.0 Å². The van der Waals surface area contributed by atoms with E-state index in [0.29, 0.717) is 23.8 Å². The minimum Gasteiger partial charge on any atom is -0.491 e. The van der Waals surface area contributed by atoms with Crippen molar-refractivity contribution in [2.24, 2.45) is 0 Å². The van der Waals surface area contributed by atoms with Crippen LogP contribution in [-0.4, -0.2) is 23.6 Å². The summed E-state index contributed by atoms with van der Waals surface area (Å²) in [6, 6.07) is 6.52. The van der Waals surface area contributed by atoms with Crippen molar-refractivity contribution < 1.29 is 9.13 Å². The van der Waals surface area contributed by atoms with E-state index in [1.807, 2.05) is 6.92 Å². The molecule has 0 aliphatic rings. The lowest BCUT2D eigenvalue weighted by molar-refractivity contribution is 0.321. The van der Waals surface area contributed by atoms with E-state index in [-0.39, 0.29) is 11.6 Å². The van der Waals surface area contributed by atoms with Crippen LogP contribution in [0.2, 0.25) is 0 Å². The molecule has 5 heteroatoms. The van der Waals surface area contributed by atoms with Gasteiger partial charge in [-0.1, -0.05) is 0 Å². The third kappa shape index (κ3) is 2.56. The highest BCUT2D eigenvalue weighted by Crippen LogP contribution is 2.24. The van der Waals surface area contributed by atoms with Crippen molar-refractivity contribution in [3.05, 3.63) is 36.3 Å². The van der Waals surface area contributed by atoms with Crippen LogP contribution in [-0.2, 0) is 0 Å². The number of nitrogens with zero attached hydrogens (tertiary/aromatic N) is 2. The number of nitrogens with one attached hydrogen (secondary N) is 1. The monoisotopic (exact) mass is 247 g/mol. The summed E-state index contributed by atoms with van der Waals surface area (Å²) in [6.45, 7) is 2.25. The Balaban J connectivity index is 2.35. The van der Waals surface area contributed by atoms with E-state index in [0.717, 1.165) is 0 Å². The van der Waals surface area contributed by atoms with E-state index in [9.17, 15) is 4.39 Å². The standard InChI is InChI=1S/C13H14FN3O/c1-3-18-12-5-4-9(8-10(12)14)11-6-7-16-13(15-2)17-11/h4-8H,3H2,1-2H3,(H,15,16,17). The first-order valence-electron chi connectivity index (χ1n) is 5.68. The fraction of sp³-hybridized carbons (Fsp3) is 0.231. The largest absolute Gasteiger partial charge is 0.491 e. The molecule has 4 nitrogen and oxygen atoms in total. The second-order valence-electron chi connectivity index (χ2n) is 3.59. The predicted octanol–water partition coefficient (Wildman–Crippen LogP) is 2.72. The summed E-state index contributed by atoms with van der Waals surface area (Å²) in [5.74, 6) is 0.366. The molecule has 0 spiro atoms. The van der Waals surface area contributed by atoms with Gasteiger partial charge < -0.3 is 10.1 Å². The lowest BCUT2D eigenvalue weighted by Gasteiger charge is -2.07. The van der Waals surface area contributed by atoms with Crippen molar-refractivity contribution in [1.82, 2.24) is 9.97 Å². The Morgan fingerprint density at radius 1 is 1.33 bits per heavy atom. The summed E-state index contributed by atoms with van der Waals surface area (Å²) >= 11 is 0. The molecule has 2 rings (SSSR count). The first-order valence-corrected chi connectivity index (χ1v) is 5.68. The Hall–Kier alpha value is -2.17. The molecule has 0 radical (unpaired) electrons. The number of halogens is 1. The van der Waals surface area contributed by atoms with Gasteiger partial charge >= 0.3 is 0 Å². The van der Waals surface area contributed by atoms with E-state index in [1.165, 1.54) is 6.07 Å². The molecule has 0 amide bonds. The normalized spacial score (nSPS) is 10.2. The van der Waals surface area contributed by atoms with Gasteiger partial charge in [0, 0.05) is 18.8 Å². The van der Waals surface area contributed by atoms with Gasteiger partial charge in [-0.25, -0.2) is 14.4 Å². The average molecular weight is 247 g/mol. The molecule has 0 saturated heterocycles. The zero-order valence-corrected chi connectivity index (χ0v) is 10.3. The van der Waals surface area contributed by atoms with Gasteiger partial charge in [-0.05, 0) is 31.2 Å². The first-order chi connectivity index (χ1) is 8.74. The summed E-state index contributed by atoms with van der Waals surface area (Å²) in [4.78, 5) is 8.26. The van der Waals surface area contributed by atoms with Crippen LogP contribution in [0.5, 0.6) is 5.75 Å². The van der Waals surface area contributed by atoms with Crippen LogP contribution in [0.4, 0.5) is 10.3 Å². The maximum Gasteiger partial charge on any atom is 0.222 e. The molecule has 0 aliphatic heterocycles. The van der Waals surface area contributed by atoms with E-state index in [2.05, 4.69) is 15.3 Å². The topological polar surface area (TPSA) is 47.0 Å². The highest BCUT2D eigenvalue weighted by Gasteiger charge is 2.07. The zero-order chi connectivity index (χ0) is 13.0. The highest BCUT2D eigenvalue weighted by atomic mass is 19.1. The minimum absolute atomic E-state index is 0.254. The third-order valence-corrected chi connectivity index (χ3v) is 2.41. The number of aromatic nitrogens is 2. The number of hydrogen-bond acceptors (Lipinski definition) is 4. The molecule has 94 valence electrons. The van der Waals surface area contributed by atoms with Crippen LogP contribution in [0.3, 0.4) is 0 Å². The number of ether oxygens (including phenoxy) is 1. The lowest BCUT2D eigenvalue weighted by atomic mass is 10.1. The number of rotatable bonds is 4. The van der Waals surface area contributed by atoms with Gasteiger partial charge in [-0.2, -0.15) is 0 Å². The molecule has 0 atom stereocenters. The maximum absolute atomic E-state index is 13.7. The fourth-order valence-corrected chi connectivity index (χ4v) is 1.57. The van der Waals surface area contributed by atoms with Gasteiger partial charge in [0.25, 0.3) is 0 Å². The predicted molar refractivity (Wildman–Crippen MR) is 68.1 cm³/mol. The Labute approximate surface area is 105 Å². The molecule has 0 unspecified atom stereocenters. The minimum atomic E-state index is -0.390. The van der Waals surface area contributed by atoms with Gasteiger partial charge in [0.1, 0.15) is 0 Å². The first kappa shape index (κ1) is 12.3. The smallest absolute Gasteiger partial charge is 0.222 e. The Kier molecular flexibility index (Phi) is 3.72. The van der Waals surface area contributed by atoms with Crippen molar-refractivity contribution in [2.45, 2.75) is 6.92 Å². The van der Waals surface area contributed by atoms with Gasteiger partial charge in [-0.15, -0.1) is 0 Å². The van der Waals surface area contributed by atoms with Crippen LogP contribution in [0.25, 0.3) is 11.3 Å². The Morgan fingerprint density at radius 2 is 2.17 bits per heavy atom.